The second-order valence-corrected chi connectivity index (χ2v) is 4.54. The molecule has 0 saturated heterocycles. The highest BCUT2D eigenvalue weighted by atomic mass is 16.5. The monoisotopic (exact) mass is 258 g/mol. The van der Waals surface area contributed by atoms with Crippen LogP contribution in [0.1, 0.15) is 18.1 Å². The van der Waals surface area contributed by atoms with Crippen molar-refractivity contribution in [3.63, 3.8) is 0 Å². The van der Waals surface area contributed by atoms with Crippen LogP contribution in [0, 0.1) is 0 Å². The Labute approximate surface area is 113 Å². The van der Waals surface area contributed by atoms with Crippen molar-refractivity contribution in [3.8, 4) is 5.75 Å². The zero-order valence-electron chi connectivity index (χ0n) is 11.1. The molecule has 0 saturated carbocycles. The number of methoxy groups -OCH3 is 1. The lowest BCUT2D eigenvalue weighted by molar-refractivity contribution is -0.0394. The molecule has 0 amide bonds. The maximum absolute atomic E-state index is 10.9. The Morgan fingerprint density at radius 2 is 1.47 bits per heavy atom. The van der Waals surface area contributed by atoms with Gasteiger partial charge in [-0.25, -0.2) is 0 Å². The van der Waals surface area contributed by atoms with E-state index in [4.69, 9.17) is 4.74 Å². The summed E-state index contributed by atoms with van der Waals surface area (Å²) in [4.78, 5) is 0. The normalized spacial score (nSPS) is 15.6. The third-order valence-corrected chi connectivity index (χ3v) is 3.35. The van der Waals surface area contributed by atoms with E-state index in [9.17, 15) is 10.2 Å². The van der Waals surface area contributed by atoms with Gasteiger partial charge in [0.15, 0.2) is 0 Å². The minimum Gasteiger partial charge on any atom is -0.497 e. The van der Waals surface area contributed by atoms with Crippen LogP contribution >= 0.6 is 0 Å². The molecule has 2 N–H and O–H groups in total. The van der Waals surface area contributed by atoms with E-state index in [1.807, 2.05) is 18.2 Å². The van der Waals surface area contributed by atoms with Gasteiger partial charge in [-0.15, -0.1) is 0 Å². The van der Waals surface area contributed by atoms with Crippen LogP contribution in [0.3, 0.4) is 0 Å². The molecule has 0 spiro atoms. The fraction of sp³-hybridized carbons (Fsp3) is 0.250. The van der Waals surface area contributed by atoms with Gasteiger partial charge in [0.05, 0.1) is 13.2 Å². The zero-order valence-corrected chi connectivity index (χ0v) is 11.1. The number of hydrogen-bond acceptors (Lipinski definition) is 3. The van der Waals surface area contributed by atoms with Crippen molar-refractivity contribution < 1.29 is 14.9 Å². The summed E-state index contributed by atoms with van der Waals surface area (Å²) in [5.41, 5.74) is -0.127. The summed E-state index contributed by atoms with van der Waals surface area (Å²) in [5.74, 6) is 0.713. The second-order valence-electron chi connectivity index (χ2n) is 4.54. The Balaban J connectivity index is 2.50. The molecule has 0 fully saturated rings. The average molecular weight is 258 g/mol. The Kier molecular flexibility index (Phi) is 3.88. The molecule has 0 bridgehead atoms. The smallest absolute Gasteiger partial charge is 0.140 e. The molecule has 0 aromatic heterocycles. The van der Waals surface area contributed by atoms with Gasteiger partial charge in [0, 0.05) is 0 Å². The SMILES string of the molecule is COc1ccc(C(O)(c2ccccc2)C(C)O)cc1. The summed E-state index contributed by atoms with van der Waals surface area (Å²) >= 11 is 0. The Morgan fingerprint density at radius 3 is 1.95 bits per heavy atom. The molecule has 2 aromatic rings. The molecule has 3 nitrogen and oxygen atoms in total. The van der Waals surface area contributed by atoms with Crippen LogP contribution in [0.5, 0.6) is 5.75 Å². The lowest BCUT2D eigenvalue weighted by Crippen LogP contribution is -2.38. The fourth-order valence-corrected chi connectivity index (χ4v) is 2.19. The summed E-state index contributed by atoms with van der Waals surface area (Å²) in [6.45, 7) is 1.58. The van der Waals surface area contributed by atoms with Gasteiger partial charge in [-0.2, -0.15) is 0 Å². The first kappa shape index (κ1) is 13.6. The number of ether oxygens (including phenoxy) is 1. The lowest BCUT2D eigenvalue weighted by atomic mass is 9.82. The third-order valence-electron chi connectivity index (χ3n) is 3.35. The third kappa shape index (κ3) is 2.48. The number of hydrogen-bond donors (Lipinski definition) is 2. The first-order valence-electron chi connectivity index (χ1n) is 6.19. The van der Waals surface area contributed by atoms with Gasteiger partial charge in [0.1, 0.15) is 11.4 Å². The van der Waals surface area contributed by atoms with E-state index < -0.39 is 11.7 Å². The summed E-state index contributed by atoms with van der Waals surface area (Å²) < 4.78 is 5.10. The van der Waals surface area contributed by atoms with Gasteiger partial charge in [-0.3, -0.25) is 0 Å². The standard InChI is InChI=1S/C16H18O3/c1-12(17)16(18,13-6-4-3-5-7-13)14-8-10-15(19-2)11-9-14/h3-12,17-18H,1-2H3. The molecule has 0 aliphatic heterocycles. The first-order valence-corrected chi connectivity index (χ1v) is 6.19. The minimum atomic E-state index is -1.42. The topological polar surface area (TPSA) is 49.7 Å². The zero-order chi connectivity index (χ0) is 13.9. The van der Waals surface area contributed by atoms with E-state index in [2.05, 4.69) is 0 Å². The van der Waals surface area contributed by atoms with E-state index in [1.165, 1.54) is 0 Å². The van der Waals surface area contributed by atoms with Crippen LogP contribution in [0.25, 0.3) is 0 Å². The minimum absolute atomic E-state index is 0.634. The second kappa shape index (κ2) is 5.43. The van der Waals surface area contributed by atoms with Crippen LogP contribution in [0.4, 0.5) is 0 Å². The van der Waals surface area contributed by atoms with Crippen molar-refractivity contribution in [1.82, 2.24) is 0 Å². The summed E-state index contributed by atoms with van der Waals surface area (Å²) in [5, 5.41) is 20.9. The van der Waals surface area contributed by atoms with Crippen LogP contribution in [-0.4, -0.2) is 23.4 Å². The Hall–Kier alpha value is -1.84. The van der Waals surface area contributed by atoms with Crippen molar-refractivity contribution >= 4 is 0 Å². The molecule has 100 valence electrons. The van der Waals surface area contributed by atoms with Gasteiger partial charge in [-0.1, -0.05) is 42.5 Å². The van der Waals surface area contributed by atoms with Gasteiger partial charge in [0.2, 0.25) is 0 Å². The van der Waals surface area contributed by atoms with E-state index in [0.29, 0.717) is 16.9 Å². The first-order chi connectivity index (χ1) is 9.09. The van der Waals surface area contributed by atoms with Crippen molar-refractivity contribution in [2.45, 2.75) is 18.6 Å². The molecule has 0 aliphatic rings. The van der Waals surface area contributed by atoms with E-state index in [0.717, 1.165) is 0 Å². The van der Waals surface area contributed by atoms with Gasteiger partial charge < -0.3 is 14.9 Å². The maximum atomic E-state index is 10.9. The molecule has 3 heteroatoms. The molecule has 19 heavy (non-hydrogen) atoms. The van der Waals surface area contributed by atoms with Crippen LogP contribution in [0.15, 0.2) is 54.6 Å². The number of aliphatic hydroxyl groups is 2. The molecule has 2 aromatic carbocycles. The van der Waals surface area contributed by atoms with Gasteiger partial charge in [-0.05, 0) is 30.2 Å². The van der Waals surface area contributed by atoms with Crippen molar-refractivity contribution in [2.75, 3.05) is 7.11 Å². The van der Waals surface area contributed by atoms with Crippen molar-refractivity contribution in [2.24, 2.45) is 0 Å². The predicted octanol–water partition coefficient (Wildman–Crippen LogP) is 2.31. The van der Waals surface area contributed by atoms with Crippen LogP contribution in [0.2, 0.25) is 0 Å². The molecule has 0 aliphatic carbocycles. The van der Waals surface area contributed by atoms with Crippen LogP contribution in [-0.2, 0) is 5.60 Å². The lowest BCUT2D eigenvalue weighted by Gasteiger charge is -2.32. The Bertz CT molecular complexity index is 519. The van der Waals surface area contributed by atoms with Gasteiger partial charge in [0.25, 0.3) is 0 Å². The molecule has 2 atom stereocenters. The highest BCUT2D eigenvalue weighted by Gasteiger charge is 2.36. The molecule has 2 unspecified atom stereocenters. The number of benzene rings is 2. The summed E-state index contributed by atoms with van der Waals surface area (Å²) in [6, 6.07) is 16.2. The molecule has 0 heterocycles. The fourth-order valence-electron chi connectivity index (χ4n) is 2.19. The highest BCUT2D eigenvalue weighted by molar-refractivity contribution is 5.39. The van der Waals surface area contributed by atoms with E-state index in [1.54, 1.807) is 50.4 Å². The van der Waals surface area contributed by atoms with Gasteiger partial charge >= 0.3 is 0 Å². The average Bonchev–Trinajstić information content (AvgIpc) is 2.47. The molecular weight excluding hydrogens is 240 g/mol. The predicted molar refractivity (Wildman–Crippen MR) is 74.1 cm³/mol. The number of rotatable bonds is 4. The summed E-state index contributed by atoms with van der Waals surface area (Å²) in [7, 11) is 1.59. The van der Waals surface area contributed by atoms with E-state index >= 15 is 0 Å². The Morgan fingerprint density at radius 1 is 0.947 bits per heavy atom. The maximum Gasteiger partial charge on any atom is 0.140 e. The van der Waals surface area contributed by atoms with Crippen molar-refractivity contribution in [3.05, 3.63) is 65.7 Å². The molecule has 0 radical (unpaired) electrons. The molecular formula is C16H18O3. The van der Waals surface area contributed by atoms with Crippen molar-refractivity contribution in [1.29, 1.82) is 0 Å². The molecule has 2 rings (SSSR count). The summed E-state index contributed by atoms with van der Waals surface area (Å²) in [6.07, 6.45) is -0.928. The highest BCUT2D eigenvalue weighted by Crippen LogP contribution is 2.33. The number of aliphatic hydroxyl groups excluding tert-OH is 1. The van der Waals surface area contributed by atoms with E-state index in [-0.39, 0.29) is 0 Å². The largest absolute Gasteiger partial charge is 0.497 e. The van der Waals surface area contributed by atoms with Crippen LogP contribution < -0.4 is 4.74 Å². The quantitative estimate of drug-likeness (QED) is 0.884.